The molecule has 0 unspecified atom stereocenters. The van der Waals surface area contributed by atoms with Gasteiger partial charge in [-0.1, -0.05) is 31.2 Å². The van der Waals surface area contributed by atoms with Crippen LogP contribution in [0.2, 0.25) is 0 Å². The van der Waals surface area contributed by atoms with Crippen molar-refractivity contribution >= 4 is 12.0 Å². The number of hydrogen-bond donors (Lipinski definition) is 1. The number of carbonyl (C=O) groups excluding carboxylic acids is 2. The van der Waals surface area contributed by atoms with E-state index in [1.165, 1.54) is 18.2 Å². The molecule has 2 aliphatic carbocycles. The van der Waals surface area contributed by atoms with Crippen LogP contribution in [-0.2, 0) is 16.0 Å². The van der Waals surface area contributed by atoms with Crippen molar-refractivity contribution in [3.05, 3.63) is 35.4 Å². The second kappa shape index (κ2) is 6.36. The van der Waals surface area contributed by atoms with E-state index in [2.05, 4.69) is 29.6 Å². The van der Waals surface area contributed by atoms with Crippen molar-refractivity contribution in [1.29, 1.82) is 0 Å². The average Bonchev–Trinajstić information content (AvgIpc) is 3.17. The van der Waals surface area contributed by atoms with Gasteiger partial charge in [-0.15, -0.1) is 0 Å². The molecular formula is C20H26N2O3. The fraction of sp³-hybridized carbons (Fsp3) is 0.600. The monoisotopic (exact) mass is 342 g/mol. The van der Waals surface area contributed by atoms with Gasteiger partial charge in [-0.25, -0.2) is 4.79 Å². The molecule has 2 amide bonds. The van der Waals surface area contributed by atoms with Gasteiger partial charge in [-0.05, 0) is 47.6 Å². The van der Waals surface area contributed by atoms with Crippen LogP contribution < -0.4 is 5.32 Å². The van der Waals surface area contributed by atoms with Crippen LogP contribution in [0.5, 0.6) is 0 Å². The Labute approximate surface area is 148 Å². The molecule has 5 heteroatoms. The normalized spacial score (nSPS) is 32.6. The molecular weight excluding hydrogens is 316 g/mol. The topological polar surface area (TPSA) is 58.6 Å². The Morgan fingerprint density at radius 1 is 1.32 bits per heavy atom. The van der Waals surface area contributed by atoms with E-state index in [0.29, 0.717) is 37.3 Å². The summed E-state index contributed by atoms with van der Waals surface area (Å²) in [5, 5.41) is 3.12. The molecule has 4 rings (SSSR count). The molecule has 1 heterocycles. The van der Waals surface area contributed by atoms with Crippen LogP contribution in [0, 0.1) is 23.7 Å². The third kappa shape index (κ3) is 2.90. The first-order chi connectivity index (χ1) is 12.1. The Morgan fingerprint density at radius 3 is 2.88 bits per heavy atom. The predicted molar refractivity (Wildman–Crippen MR) is 94.1 cm³/mol. The molecule has 1 aromatic rings. The molecule has 0 radical (unpaired) electrons. The highest BCUT2D eigenvalue weighted by molar-refractivity contribution is 5.76. The first kappa shape index (κ1) is 16.4. The fourth-order valence-electron chi connectivity index (χ4n) is 4.91. The van der Waals surface area contributed by atoms with Gasteiger partial charge in [0.05, 0.1) is 13.0 Å². The van der Waals surface area contributed by atoms with Crippen LogP contribution in [0.3, 0.4) is 0 Å². The third-order valence-corrected chi connectivity index (χ3v) is 6.39. The van der Waals surface area contributed by atoms with E-state index in [9.17, 15) is 9.59 Å². The van der Waals surface area contributed by atoms with Crippen LogP contribution >= 0.6 is 0 Å². The Hall–Kier alpha value is -2.04. The van der Waals surface area contributed by atoms with Crippen LogP contribution in [0.1, 0.15) is 30.4 Å². The zero-order chi connectivity index (χ0) is 17.6. The number of benzene rings is 1. The Balaban J connectivity index is 1.27. The molecule has 5 nitrogen and oxygen atoms in total. The number of amides is 2. The zero-order valence-electron chi connectivity index (χ0n) is 14.9. The van der Waals surface area contributed by atoms with Gasteiger partial charge < -0.3 is 15.0 Å². The molecule has 1 aliphatic heterocycles. The molecule has 1 saturated heterocycles. The summed E-state index contributed by atoms with van der Waals surface area (Å²) in [5.41, 5.74) is 2.97. The Bertz CT molecular complexity index is 689. The van der Waals surface area contributed by atoms with Gasteiger partial charge in [0.1, 0.15) is 0 Å². The molecule has 1 aromatic carbocycles. The van der Waals surface area contributed by atoms with Gasteiger partial charge in [0.2, 0.25) is 0 Å². The van der Waals surface area contributed by atoms with Gasteiger partial charge in [-0.2, -0.15) is 0 Å². The number of esters is 1. The van der Waals surface area contributed by atoms with Gasteiger partial charge in [0.15, 0.2) is 0 Å². The molecule has 3 aliphatic rings. The number of likely N-dealkylation sites (tertiary alicyclic amines) is 1. The summed E-state index contributed by atoms with van der Waals surface area (Å²) in [6.45, 7) is 4.01. The summed E-state index contributed by atoms with van der Waals surface area (Å²) in [6.07, 6.45) is 1.84. The highest BCUT2D eigenvalue weighted by Gasteiger charge is 2.55. The van der Waals surface area contributed by atoms with Gasteiger partial charge in [0, 0.05) is 19.6 Å². The molecule has 5 atom stereocenters. The van der Waals surface area contributed by atoms with Gasteiger partial charge in [0.25, 0.3) is 0 Å². The maximum absolute atomic E-state index is 12.5. The fourth-order valence-corrected chi connectivity index (χ4v) is 4.91. The van der Waals surface area contributed by atoms with Gasteiger partial charge >= 0.3 is 12.0 Å². The number of methoxy groups -OCH3 is 1. The minimum Gasteiger partial charge on any atom is -0.469 e. The summed E-state index contributed by atoms with van der Waals surface area (Å²) >= 11 is 0. The lowest BCUT2D eigenvalue weighted by Gasteiger charge is -2.35. The molecule has 1 N–H and O–H groups in total. The lowest BCUT2D eigenvalue weighted by molar-refractivity contribution is -0.148. The maximum Gasteiger partial charge on any atom is 0.317 e. The van der Waals surface area contributed by atoms with Crippen molar-refractivity contribution in [2.24, 2.45) is 23.7 Å². The van der Waals surface area contributed by atoms with Gasteiger partial charge in [-0.3, -0.25) is 4.79 Å². The van der Waals surface area contributed by atoms with E-state index < -0.39 is 0 Å². The number of fused-ring (bicyclic) bond motifs is 3. The van der Waals surface area contributed by atoms with E-state index in [1.807, 2.05) is 11.8 Å². The van der Waals surface area contributed by atoms with Crippen molar-refractivity contribution in [3.63, 3.8) is 0 Å². The number of carbonyl (C=O) groups is 2. The standard InChI is InChI=1S/C20H26N2O3/c1-12-11-22(8-7-14(12)19(23)25-2)20(24)21-10-17-16-9-13-5-3-4-6-15(13)18(16)17/h3-6,12,14,16-18H,7-11H2,1-2H3,(H,21,24)/t12-,14-,16+,17-,18+/m1/s1. The lowest BCUT2D eigenvalue weighted by Crippen LogP contribution is -2.49. The summed E-state index contributed by atoms with van der Waals surface area (Å²) in [7, 11) is 1.43. The van der Waals surface area contributed by atoms with Crippen molar-refractivity contribution in [1.82, 2.24) is 10.2 Å². The summed E-state index contributed by atoms with van der Waals surface area (Å²) in [6, 6.07) is 8.69. The van der Waals surface area contributed by atoms with E-state index in [4.69, 9.17) is 4.74 Å². The van der Waals surface area contributed by atoms with E-state index >= 15 is 0 Å². The number of piperidine rings is 1. The molecule has 25 heavy (non-hydrogen) atoms. The minimum absolute atomic E-state index is 0.00780. The van der Waals surface area contributed by atoms with Crippen molar-refractivity contribution in [2.45, 2.75) is 25.7 Å². The van der Waals surface area contributed by atoms with E-state index in [1.54, 1.807) is 0 Å². The molecule has 134 valence electrons. The highest BCUT2D eigenvalue weighted by Crippen LogP contribution is 2.60. The second-order valence-electron chi connectivity index (χ2n) is 7.78. The predicted octanol–water partition coefficient (Wildman–Crippen LogP) is 2.41. The molecule has 0 aromatic heterocycles. The van der Waals surface area contributed by atoms with E-state index in [0.717, 1.165) is 13.0 Å². The number of rotatable bonds is 3. The third-order valence-electron chi connectivity index (χ3n) is 6.39. The molecule has 0 bridgehead atoms. The summed E-state index contributed by atoms with van der Waals surface area (Å²) < 4.78 is 4.86. The van der Waals surface area contributed by atoms with E-state index in [-0.39, 0.29) is 23.8 Å². The Morgan fingerprint density at radius 2 is 2.12 bits per heavy atom. The minimum atomic E-state index is -0.156. The maximum atomic E-state index is 12.5. The van der Waals surface area contributed by atoms with Crippen LogP contribution in [0.15, 0.2) is 24.3 Å². The first-order valence-corrected chi connectivity index (χ1v) is 9.28. The SMILES string of the molecule is COC(=O)[C@@H]1CCN(C(=O)NC[C@@H]2[C@@H]3Cc4ccccc4[C@H]23)C[C@H]1C. The smallest absolute Gasteiger partial charge is 0.317 e. The van der Waals surface area contributed by atoms with Crippen molar-refractivity contribution < 1.29 is 14.3 Å². The quantitative estimate of drug-likeness (QED) is 0.858. The summed E-state index contributed by atoms with van der Waals surface area (Å²) in [4.78, 5) is 26.1. The molecule has 0 spiro atoms. The Kier molecular flexibility index (Phi) is 4.18. The first-order valence-electron chi connectivity index (χ1n) is 9.28. The number of nitrogens with zero attached hydrogens (tertiary/aromatic N) is 1. The largest absolute Gasteiger partial charge is 0.469 e. The average molecular weight is 342 g/mol. The van der Waals surface area contributed by atoms with Crippen molar-refractivity contribution in [2.75, 3.05) is 26.7 Å². The lowest BCUT2D eigenvalue weighted by atomic mass is 9.87. The number of urea groups is 1. The highest BCUT2D eigenvalue weighted by atomic mass is 16.5. The van der Waals surface area contributed by atoms with Crippen LogP contribution in [0.25, 0.3) is 0 Å². The number of hydrogen-bond acceptors (Lipinski definition) is 3. The number of ether oxygens (including phenoxy) is 1. The van der Waals surface area contributed by atoms with Crippen LogP contribution in [0.4, 0.5) is 4.79 Å². The summed E-state index contributed by atoms with van der Waals surface area (Å²) in [5.74, 6) is 1.83. The zero-order valence-corrected chi connectivity index (χ0v) is 14.9. The second-order valence-corrected chi connectivity index (χ2v) is 7.78. The molecule has 2 fully saturated rings. The van der Waals surface area contributed by atoms with Crippen LogP contribution in [-0.4, -0.2) is 43.6 Å². The van der Waals surface area contributed by atoms with Crippen molar-refractivity contribution in [3.8, 4) is 0 Å². The molecule has 1 saturated carbocycles. The number of nitrogens with one attached hydrogen (secondary N) is 1.